The fraction of sp³-hybridized carbons (Fsp3) is 0.500. The van der Waals surface area contributed by atoms with Crippen molar-refractivity contribution in [2.24, 2.45) is 0 Å². The second kappa shape index (κ2) is 3.60. The van der Waals surface area contributed by atoms with Gasteiger partial charge in [-0.3, -0.25) is 0 Å². The van der Waals surface area contributed by atoms with E-state index in [0.29, 0.717) is 12.3 Å². The van der Waals surface area contributed by atoms with Crippen LogP contribution in [-0.4, -0.2) is 18.7 Å². The molecule has 0 bridgehead atoms. The van der Waals surface area contributed by atoms with Gasteiger partial charge in [0.05, 0.1) is 10.7 Å². The largest absolute Gasteiger partial charge is 0.465 e. The topological polar surface area (TPSA) is 45.4 Å². The third-order valence-electron chi connectivity index (χ3n) is 1.63. The molecule has 0 radical (unpaired) electrons. The minimum absolute atomic E-state index is 0.457. The molecule has 1 rings (SSSR count). The molecule has 0 spiro atoms. The Balaban J connectivity index is 2.88. The van der Waals surface area contributed by atoms with E-state index in [1.165, 1.54) is 0 Å². The summed E-state index contributed by atoms with van der Waals surface area (Å²) in [6.45, 7) is 2.16. The van der Waals surface area contributed by atoms with E-state index in [4.69, 9.17) is 4.42 Å². The van der Waals surface area contributed by atoms with Crippen LogP contribution in [0, 0.1) is 0 Å². The van der Waals surface area contributed by atoms with Crippen LogP contribution in [0.15, 0.2) is 21.2 Å². The van der Waals surface area contributed by atoms with Gasteiger partial charge in [0.1, 0.15) is 11.4 Å². The van der Waals surface area contributed by atoms with Crippen LogP contribution in [0.2, 0.25) is 0 Å². The summed E-state index contributed by atoms with van der Waals surface area (Å²) in [6, 6.07) is 1.76. The van der Waals surface area contributed by atoms with Crippen LogP contribution in [0.25, 0.3) is 0 Å². The van der Waals surface area contributed by atoms with Crippen molar-refractivity contribution in [2.45, 2.75) is 12.5 Å². The van der Waals surface area contributed by atoms with Crippen LogP contribution in [0.5, 0.6) is 0 Å². The quantitative estimate of drug-likeness (QED) is 0.832. The molecular weight excluding hydrogens is 222 g/mol. The molecule has 0 aliphatic rings. The average molecular weight is 234 g/mol. The maximum Gasteiger partial charge on any atom is 0.150 e. The van der Waals surface area contributed by atoms with Crippen LogP contribution in [0.1, 0.15) is 12.7 Å². The minimum Gasteiger partial charge on any atom is -0.465 e. The highest BCUT2D eigenvalue weighted by Crippen LogP contribution is 2.28. The third-order valence-corrected chi connectivity index (χ3v) is 2.25. The Hall–Kier alpha value is -0.320. The highest BCUT2D eigenvalue weighted by Gasteiger charge is 2.27. The molecule has 0 saturated heterocycles. The molecule has 1 aromatic heterocycles. The van der Waals surface area contributed by atoms with E-state index in [9.17, 15) is 5.11 Å². The summed E-state index contributed by atoms with van der Waals surface area (Å²) in [4.78, 5) is 0. The summed E-state index contributed by atoms with van der Waals surface area (Å²) in [7, 11) is 1.78. The van der Waals surface area contributed by atoms with Crippen molar-refractivity contribution in [3.8, 4) is 0 Å². The number of hydrogen-bond donors (Lipinski definition) is 2. The first-order valence-corrected chi connectivity index (χ1v) is 4.47. The lowest BCUT2D eigenvalue weighted by molar-refractivity contribution is 0.0353. The van der Waals surface area contributed by atoms with Gasteiger partial charge in [-0.15, -0.1) is 0 Å². The van der Waals surface area contributed by atoms with Crippen molar-refractivity contribution in [1.82, 2.24) is 5.32 Å². The predicted octanol–water partition coefficient (Wildman–Crippen LogP) is 1.47. The normalized spacial score (nSPS) is 16.0. The standard InChI is InChI=1S/C8H12BrNO2/c1-8(11,5-10-2)7-6(9)3-4-12-7/h3-4,10-11H,5H2,1-2H3. The molecule has 12 heavy (non-hydrogen) atoms. The van der Waals surface area contributed by atoms with Gasteiger partial charge in [0.25, 0.3) is 0 Å². The van der Waals surface area contributed by atoms with E-state index >= 15 is 0 Å². The third kappa shape index (κ3) is 1.88. The zero-order valence-corrected chi connectivity index (χ0v) is 8.68. The number of halogens is 1. The summed E-state index contributed by atoms with van der Waals surface area (Å²) in [6.07, 6.45) is 1.55. The van der Waals surface area contributed by atoms with Crippen molar-refractivity contribution < 1.29 is 9.52 Å². The molecule has 0 fully saturated rings. The monoisotopic (exact) mass is 233 g/mol. The fourth-order valence-electron chi connectivity index (χ4n) is 1.10. The van der Waals surface area contributed by atoms with Crippen LogP contribution in [0.4, 0.5) is 0 Å². The predicted molar refractivity (Wildman–Crippen MR) is 49.9 cm³/mol. The first-order valence-electron chi connectivity index (χ1n) is 3.68. The van der Waals surface area contributed by atoms with Crippen molar-refractivity contribution in [3.63, 3.8) is 0 Å². The van der Waals surface area contributed by atoms with Gasteiger partial charge >= 0.3 is 0 Å². The van der Waals surface area contributed by atoms with Crippen molar-refractivity contribution in [2.75, 3.05) is 13.6 Å². The Labute approximate surface area is 79.9 Å². The number of hydrogen-bond acceptors (Lipinski definition) is 3. The maximum absolute atomic E-state index is 9.87. The van der Waals surface area contributed by atoms with Gasteiger partial charge in [0.2, 0.25) is 0 Å². The highest BCUT2D eigenvalue weighted by atomic mass is 79.9. The molecule has 0 saturated carbocycles. The van der Waals surface area contributed by atoms with Crippen molar-refractivity contribution in [1.29, 1.82) is 0 Å². The number of likely N-dealkylation sites (N-methyl/N-ethyl adjacent to an activating group) is 1. The average Bonchev–Trinajstić information content (AvgIpc) is 2.35. The summed E-state index contributed by atoms with van der Waals surface area (Å²) in [5, 5.41) is 12.8. The molecular formula is C8H12BrNO2. The molecule has 1 unspecified atom stereocenters. The SMILES string of the molecule is CNCC(C)(O)c1occc1Br. The fourth-order valence-corrected chi connectivity index (χ4v) is 1.73. The summed E-state index contributed by atoms with van der Waals surface area (Å²) >= 11 is 3.29. The lowest BCUT2D eigenvalue weighted by Gasteiger charge is -2.20. The molecule has 4 heteroatoms. The second-order valence-corrected chi connectivity index (χ2v) is 3.76. The van der Waals surface area contributed by atoms with Crippen molar-refractivity contribution in [3.05, 3.63) is 22.6 Å². The van der Waals surface area contributed by atoms with Gasteiger partial charge in [-0.05, 0) is 36.0 Å². The number of aliphatic hydroxyl groups is 1. The van der Waals surface area contributed by atoms with Gasteiger partial charge in [-0.25, -0.2) is 0 Å². The zero-order valence-electron chi connectivity index (χ0n) is 7.10. The molecule has 1 atom stereocenters. The first-order chi connectivity index (χ1) is 5.58. The molecule has 2 N–H and O–H groups in total. The second-order valence-electron chi connectivity index (χ2n) is 2.90. The lowest BCUT2D eigenvalue weighted by atomic mass is 10.0. The van der Waals surface area contributed by atoms with E-state index < -0.39 is 5.60 Å². The van der Waals surface area contributed by atoms with Gasteiger partial charge < -0.3 is 14.8 Å². The summed E-state index contributed by atoms with van der Waals surface area (Å²) in [5.74, 6) is 0.553. The Bertz CT molecular complexity index is 257. The van der Waals surface area contributed by atoms with E-state index in [-0.39, 0.29) is 0 Å². The van der Waals surface area contributed by atoms with E-state index in [1.807, 2.05) is 0 Å². The van der Waals surface area contributed by atoms with Gasteiger partial charge in [0.15, 0.2) is 0 Å². The first kappa shape index (κ1) is 9.77. The van der Waals surface area contributed by atoms with Crippen LogP contribution < -0.4 is 5.32 Å². The number of nitrogens with one attached hydrogen (secondary N) is 1. The van der Waals surface area contributed by atoms with Crippen LogP contribution in [-0.2, 0) is 5.60 Å². The lowest BCUT2D eigenvalue weighted by Crippen LogP contribution is -2.33. The molecule has 0 aliphatic heterocycles. The number of furan rings is 1. The molecule has 0 aromatic carbocycles. The van der Waals surface area contributed by atoms with Gasteiger partial charge in [-0.2, -0.15) is 0 Å². The van der Waals surface area contributed by atoms with Gasteiger partial charge in [0, 0.05) is 6.54 Å². The number of rotatable bonds is 3. The molecule has 1 heterocycles. The molecule has 1 aromatic rings. The van der Waals surface area contributed by atoms with E-state index in [0.717, 1.165) is 4.47 Å². The van der Waals surface area contributed by atoms with E-state index in [2.05, 4.69) is 21.2 Å². The zero-order chi connectivity index (χ0) is 9.19. The van der Waals surface area contributed by atoms with Gasteiger partial charge in [-0.1, -0.05) is 0 Å². The van der Waals surface area contributed by atoms with Crippen LogP contribution >= 0.6 is 15.9 Å². The summed E-state index contributed by atoms with van der Waals surface area (Å²) in [5.41, 5.74) is -0.961. The minimum atomic E-state index is -0.961. The molecule has 68 valence electrons. The highest BCUT2D eigenvalue weighted by molar-refractivity contribution is 9.10. The molecule has 0 amide bonds. The molecule has 0 aliphatic carbocycles. The Morgan fingerprint density at radius 2 is 2.42 bits per heavy atom. The molecule has 3 nitrogen and oxygen atoms in total. The summed E-state index contributed by atoms with van der Waals surface area (Å²) < 4.78 is 5.94. The Morgan fingerprint density at radius 1 is 1.75 bits per heavy atom. The Kier molecular flexibility index (Phi) is 2.93. The Morgan fingerprint density at radius 3 is 2.83 bits per heavy atom. The van der Waals surface area contributed by atoms with Crippen LogP contribution in [0.3, 0.4) is 0 Å². The van der Waals surface area contributed by atoms with E-state index in [1.54, 1.807) is 26.3 Å². The van der Waals surface area contributed by atoms with Crippen molar-refractivity contribution >= 4 is 15.9 Å². The smallest absolute Gasteiger partial charge is 0.150 e. The maximum atomic E-state index is 9.87.